The van der Waals surface area contributed by atoms with E-state index in [4.69, 9.17) is 0 Å². The molecule has 0 spiro atoms. The van der Waals surface area contributed by atoms with Crippen molar-refractivity contribution in [2.24, 2.45) is 0 Å². The van der Waals surface area contributed by atoms with Gasteiger partial charge in [-0.1, -0.05) is 17.7 Å². The standard InChI is InChI=1S/C22H23FN4O.ClH/c1-15-2-6-18(7-3-15)26-22(28)20-14-25-27(19-8-4-17(23)5-9-19)21(20)16-10-12-24-13-11-16;/h2-9,14,16,24H,10-13H2,1H3,(H,26,28);1H. The Balaban J connectivity index is 0.00000240. The van der Waals surface area contributed by atoms with Crippen molar-refractivity contribution in [3.8, 4) is 5.69 Å². The van der Waals surface area contributed by atoms with Crippen molar-refractivity contribution in [3.63, 3.8) is 0 Å². The number of rotatable bonds is 4. The number of aromatic nitrogens is 2. The third kappa shape index (κ3) is 4.66. The summed E-state index contributed by atoms with van der Waals surface area (Å²) in [4.78, 5) is 13.0. The third-order valence-corrected chi connectivity index (χ3v) is 5.16. The topological polar surface area (TPSA) is 59.0 Å². The van der Waals surface area contributed by atoms with Gasteiger partial charge in [0.2, 0.25) is 0 Å². The summed E-state index contributed by atoms with van der Waals surface area (Å²) in [6.07, 6.45) is 3.47. The second-order valence-electron chi connectivity index (χ2n) is 7.18. The van der Waals surface area contributed by atoms with E-state index >= 15 is 0 Å². The number of amides is 1. The average molecular weight is 415 g/mol. The van der Waals surface area contributed by atoms with Crippen LogP contribution in [0.4, 0.5) is 10.1 Å². The minimum atomic E-state index is -0.295. The lowest BCUT2D eigenvalue weighted by Crippen LogP contribution is -2.29. The van der Waals surface area contributed by atoms with Crippen molar-refractivity contribution in [3.05, 3.63) is 77.4 Å². The maximum absolute atomic E-state index is 13.4. The van der Waals surface area contributed by atoms with Crippen LogP contribution in [0.15, 0.2) is 54.7 Å². The maximum atomic E-state index is 13.4. The first-order valence-corrected chi connectivity index (χ1v) is 9.54. The molecule has 3 aromatic rings. The molecule has 4 rings (SSSR count). The lowest BCUT2D eigenvalue weighted by molar-refractivity contribution is 0.102. The lowest BCUT2D eigenvalue weighted by Gasteiger charge is -2.24. The first kappa shape index (κ1) is 21.0. The van der Waals surface area contributed by atoms with E-state index in [1.165, 1.54) is 12.1 Å². The summed E-state index contributed by atoms with van der Waals surface area (Å²) in [7, 11) is 0. The molecule has 2 aromatic carbocycles. The van der Waals surface area contributed by atoms with Crippen molar-refractivity contribution in [2.45, 2.75) is 25.7 Å². The Bertz CT molecular complexity index is 963. The Kier molecular flexibility index (Phi) is 6.67. The van der Waals surface area contributed by atoms with Crippen LogP contribution in [0.2, 0.25) is 0 Å². The van der Waals surface area contributed by atoms with Crippen LogP contribution in [-0.2, 0) is 0 Å². The zero-order valence-corrected chi connectivity index (χ0v) is 17.0. The van der Waals surface area contributed by atoms with Gasteiger partial charge in [-0.3, -0.25) is 4.79 Å². The van der Waals surface area contributed by atoms with Gasteiger partial charge in [-0.15, -0.1) is 12.4 Å². The number of benzene rings is 2. The molecule has 5 nitrogen and oxygen atoms in total. The summed E-state index contributed by atoms with van der Waals surface area (Å²) in [6, 6.07) is 13.9. The highest BCUT2D eigenvalue weighted by Gasteiger charge is 2.27. The first-order chi connectivity index (χ1) is 13.6. The molecule has 152 valence electrons. The van der Waals surface area contributed by atoms with E-state index in [0.717, 1.165) is 48.6 Å². The van der Waals surface area contributed by atoms with Gasteiger partial charge in [0.15, 0.2) is 0 Å². The number of hydrogen-bond donors (Lipinski definition) is 2. The van der Waals surface area contributed by atoms with Gasteiger partial charge >= 0.3 is 0 Å². The van der Waals surface area contributed by atoms with Crippen LogP contribution < -0.4 is 10.6 Å². The summed E-state index contributed by atoms with van der Waals surface area (Å²) >= 11 is 0. The fourth-order valence-electron chi connectivity index (χ4n) is 3.64. The summed E-state index contributed by atoms with van der Waals surface area (Å²) < 4.78 is 15.1. The zero-order valence-electron chi connectivity index (χ0n) is 16.2. The molecule has 1 fully saturated rings. The number of piperidine rings is 1. The highest BCUT2D eigenvalue weighted by atomic mass is 35.5. The summed E-state index contributed by atoms with van der Waals surface area (Å²) in [6.45, 7) is 3.81. The molecule has 1 amide bonds. The van der Waals surface area contributed by atoms with E-state index in [-0.39, 0.29) is 30.0 Å². The van der Waals surface area contributed by atoms with Gasteiger partial charge in [0.05, 0.1) is 23.1 Å². The third-order valence-electron chi connectivity index (χ3n) is 5.16. The maximum Gasteiger partial charge on any atom is 0.259 e. The van der Waals surface area contributed by atoms with Crippen molar-refractivity contribution < 1.29 is 9.18 Å². The fourth-order valence-corrected chi connectivity index (χ4v) is 3.64. The number of carbonyl (C=O) groups is 1. The molecule has 0 unspecified atom stereocenters. The molecule has 0 aliphatic carbocycles. The quantitative estimate of drug-likeness (QED) is 0.662. The van der Waals surface area contributed by atoms with Crippen LogP contribution in [0.25, 0.3) is 5.69 Å². The van der Waals surface area contributed by atoms with E-state index < -0.39 is 0 Å². The Morgan fingerprint density at radius 2 is 1.76 bits per heavy atom. The van der Waals surface area contributed by atoms with E-state index in [1.54, 1.807) is 23.0 Å². The number of aryl methyl sites for hydroxylation is 1. The number of hydrogen-bond acceptors (Lipinski definition) is 3. The monoisotopic (exact) mass is 414 g/mol. The Hall–Kier alpha value is -2.70. The molecule has 1 saturated heterocycles. The van der Waals surface area contributed by atoms with Crippen LogP contribution in [0.5, 0.6) is 0 Å². The Labute approximate surface area is 175 Å². The van der Waals surface area contributed by atoms with Gasteiger partial charge in [0.1, 0.15) is 5.82 Å². The molecule has 0 radical (unpaired) electrons. The minimum Gasteiger partial charge on any atom is -0.322 e. The van der Waals surface area contributed by atoms with Crippen molar-refractivity contribution in [2.75, 3.05) is 18.4 Å². The summed E-state index contributed by atoms with van der Waals surface area (Å²) in [5.74, 6) is -0.255. The number of anilines is 1. The van der Waals surface area contributed by atoms with Crippen molar-refractivity contribution in [1.29, 1.82) is 0 Å². The SMILES string of the molecule is Cc1ccc(NC(=O)c2cnn(-c3ccc(F)cc3)c2C2CCNCC2)cc1.Cl. The van der Waals surface area contributed by atoms with Gasteiger partial charge in [-0.05, 0) is 69.3 Å². The summed E-state index contributed by atoms with van der Waals surface area (Å²) in [5, 5.41) is 10.8. The largest absolute Gasteiger partial charge is 0.322 e. The van der Waals surface area contributed by atoms with E-state index in [9.17, 15) is 9.18 Å². The molecule has 1 aromatic heterocycles. The molecule has 0 saturated carbocycles. The second kappa shape index (κ2) is 9.20. The highest BCUT2D eigenvalue weighted by molar-refractivity contribution is 6.05. The number of nitrogens with zero attached hydrogens (tertiary/aromatic N) is 2. The number of carbonyl (C=O) groups excluding carboxylic acids is 1. The van der Waals surface area contributed by atoms with E-state index in [2.05, 4.69) is 15.7 Å². The van der Waals surface area contributed by atoms with Gasteiger partial charge in [-0.2, -0.15) is 5.10 Å². The molecule has 0 bridgehead atoms. The van der Waals surface area contributed by atoms with E-state index in [0.29, 0.717) is 5.56 Å². The zero-order chi connectivity index (χ0) is 19.5. The first-order valence-electron chi connectivity index (χ1n) is 9.54. The second-order valence-corrected chi connectivity index (χ2v) is 7.18. The molecule has 2 N–H and O–H groups in total. The lowest BCUT2D eigenvalue weighted by atomic mass is 9.91. The predicted octanol–water partition coefficient (Wildman–Crippen LogP) is 4.46. The summed E-state index contributed by atoms with van der Waals surface area (Å²) in [5.41, 5.74) is 4.10. The molecule has 29 heavy (non-hydrogen) atoms. The van der Waals surface area contributed by atoms with Crippen LogP contribution in [0, 0.1) is 12.7 Å². The average Bonchev–Trinajstić information content (AvgIpc) is 3.16. The van der Waals surface area contributed by atoms with Crippen molar-refractivity contribution >= 4 is 24.0 Å². The molecule has 0 atom stereocenters. The minimum absolute atomic E-state index is 0. The van der Waals surface area contributed by atoms with Crippen molar-refractivity contribution in [1.82, 2.24) is 15.1 Å². The highest BCUT2D eigenvalue weighted by Crippen LogP contribution is 2.30. The van der Waals surface area contributed by atoms with E-state index in [1.807, 2.05) is 31.2 Å². The molecular weight excluding hydrogens is 391 g/mol. The Morgan fingerprint density at radius 1 is 1.10 bits per heavy atom. The molecule has 1 aliphatic heterocycles. The molecule has 1 aliphatic rings. The predicted molar refractivity (Wildman–Crippen MR) is 115 cm³/mol. The smallest absolute Gasteiger partial charge is 0.259 e. The fraction of sp³-hybridized carbons (Fsp3) is 0.273. The van der Waals surface area contributed by atoms with Crippen LogP contribution in [-0.4, -0.2) is 28.8 Å². The normalized spacial score (nSPS) is 14.3. The number of nitrogens with one attached hydrogen (secondary N) is 2. The van der Waals surface area contributed by atoms with Crippen LogP contribution in [0.3, 0.4) is 0 Å². The Morgan fingerprint density at radius 3 is 2.41 bits per heavy atom. The molecule has 2 heterocycles. The van der Waals surface area contributed by atoms with Gasteiger partial charge in [0, 0.05) is 11.6 Å². The van der Waals surface area contributed by atoms with Gasteiger partial charge < -0.3 is 10.6 Å². The number of halogens is 2. The van der Waals surface area contributed by atoms with Gasteiger partial charge in [0.25, 0.3) is 5.91 Å². The molecular formula is C22H24ClFN4O. The van der Waals surface area contributed by atoms with Crippen LogP contribution >= 0.6 is 12.4 Å². The van der Waals surface area contributed by atoms with Gasteiger partial charge in [-0.25, -0.2) is 9.07 Å². The molecule has 7 heteroatoms. The van der Waals surface area contributed by atoms with Crippen LogP contribution in [0.1, 0.15) is 40.4 Å².